The van der Waals surface area contributed by atoms with E-state index in [0.29, 0.717) is 41.3 Å². The minimum absolute atomic E-state index is 0.0807. The highest BCUT2D eigenvalue weighted by molar-refractivity contribution is 7.99. The lowest BCUT2D eigenvalue weighted by atomic mass is 10.2. The number of rotatable bonds is 7. The molecule has 0 saturated carbocycles. The Kier molecular flexibility index (Phi) is 6.29. The van der Waals surface area contributed by atoms with Crippen LogP contribution in [0.15, 0.2) is 58.5 Å². The van der Waals surface area contributed by atoms with Gasteiger partial charge in [0.2, 0.25) is 0 Å². The molecular weight excluding hydrogens is 360 g/mol. The Labute approximate surface area is 162 Å². The molecule has 0 aliphatic heterocycles. The Balaban J connectivity index is 1.95. The van der Waals surface area contributed by atoms with Gasteiger partial charge in [0.1, 0.15) is 0 Å². The van der Waals surface area contributed by atoms with Crippen LogP contribution in [0.4, 0.5) is 0 Å². The molecule has 1 heterocycles. The molecule has 0 unspecified atom stereocenters. The molecule has 0 spiro atoms. The third-order valence-corrected chi connectivity index (χ3v) is 5.19. The first-order valence-electron chi connectivity index (χ1n) is 8.98. The number of aromatic nitrogens is 2. The smallest absolute Gasteiger partial charge is 0.305 e. The number of para-hydroxylation sites is 2. The number of fused-ring (bicyclic) bond motifs is 1. The van der Waals surface area contributed by atoms with Crippen LogP contribution >= 0.6 is 11.8 Å². The number of aryl methyl sites for hydroxylation is 1. The largest absolute Gasteiger partial charge is 0.466 e. The van der Waals surface area contributed by atoms with Crippen molar-refractivity contribution in [3.8, 4) is 5.69 Å². The van der Waals surface area contributed by atoms with Crippen LogP contribution in [0.2, 0.25) is 0 Å². The highest BCUT2D eigenvalue weighted by Crippen LogP contribution is 2.23. The van der Waals surface area contributed by atoms with Crippen molar-refractivity contribution in [2.75, 3.05) is 12.4 Å². The number of esters is 1. The molecule has 3 rings (SSSR count). The number of carbonyl (C=O) groups is 1. The monoisotopic (exact) mass is 382 g/mol. The van der Waals surface area contributed by atoms with Crippen molar-refractivity contribution in [3.05, 3.63) is 64.4 Å². The number of hydrogen-bond donors (Lipinski definition) is 0. The Hall–Kier alpha value is -2.60. The molecule has 3 aromatic rings. The molecule has 0 radical (unpaired) electrons. The lowest BCUT2D eigenvalue weighted by Gasteiger charge is -2.15. The van der Waals surface area contributed by atoms with Gasteiger partial charge in [-0.3, -0.25) is 14.2 Å². The van der Waals surface area contributed by atoms with Crippen LogP contribution < -0.4 is 5.56 Å². The van der Waals surface area contributed by atoms with Gasteiger partial charge < -0.3 is 4.74 Å². The van der Waals surface area contributed by atoms with Crippen molar-refractivity contribution in [3.63, 3.8) is 0 Å². The predicted molar refractivity (Wildman–Crippen MR) is 109 cm³/mol. The van der Waals surface area contributed by atoms with Crippen LogP contribution in [-0.4, -0.2) is 27.9 Å². The van der Waals surface area contributed by atoms with E-state index in [4.69, 9.17) is 9.72 Å². The first kappa shape index (κ1) is 19.2. The highest BCUT2D eigenvalue weighted by Gasteiger charge is 2.14. The zero-order valence-electron chi connectivity index (χ0n) is 15.5. The predicted octanol–water partition coefficient (Wildman–Crippen LogP) is 4.13. The normalized spacial score (nSPS) is 10.9. The van der Waals surface area contributed by atoms with Crippen LogP contribution in [0.5, 0.6) is 0 Å². The third-order valence-electron chi connectivity index (χ3n) is 4.16. The van der Waals surface area contributed by atoms with Gasteiger partial charge in [-0.15, -0.1) is 0 Å². The highest BCUT2D eigenvalue weighted by atomic mass is 32.2. The molecule has 0 bridgehead atoms. The average Bonchev–Trinajstić information content (AvgIpc) is 2.67. The van der Waals surface area contributed by atoms with Gasteiger partial charge in [-0.25, -0.2) is 4.98 Å². The van der Waals surface area contributed by atoms with E-state index in [-0.39, 0.29) is 11.5 Å². The molecule has 140 valence electrons. The van der Waals surface area contributed by atoms with E-state index in [9.17, 15) is 9.59 Å². The van der Waals surface area contributed by atoms with E-state index >= 15 is 0 Å². The van der Waals surface area contributed by atoms with Gasteiger partial charge in [0.15, 0.2) is 5.16 Å². The van der Waals surface area contributed by atoms with Crippen LogP contribution in [0.25, 0.3) is 16.6 Å². The minimum Gasteiger partial charge on any atom is -0.466 e. The van der Waals surface area contributed by atoms with E-state index in [1.807, 2.05) is 49.4 Å². The maximum absolute atomic E-state index is 13.2. The summed E-state index contributed by atoms with van der Waals surface area (Å²) < 4.78 is 6.63. The number of carbonyl (C=O) groups excluding carboxylic acids is 1. The molecule has 0 aliphatic rings. The molecule has 0 aliphatic carbocycles. The first-order chi connectivity index (χ1) is 13.1. The fourth-order valence-electron chi connectivity index (χ4n) is 2.85. The fraction of sp³-hybridized carbons (Fsp3) is 0.286. The molecule has 0 amide bonds. The fourth-order valence-corrected chi connectivity index (χ4v) is 3.79. The summed E-state index contributed by atoms with van der Waals surface area (Å²) in [5.74, 6) is 0.482. The zero-order chi connectivity index (χ0) is 19.2. The van der Waals surface area contributed by atoms with E-state index in [1.54, 1.807) is 17.6 Å². The molecule has 0 saturated heterocycles. The molecular formula is C21H22N2O3S. The average molecular weight is 382 g/mol. The van der Waals surface area contributed by atoms with Gasteiger partial charge in [-0.05, 0) is 44.0 Å². The number of thioether (sulfide) groups is 1. The minimum atomic E-state index is -0.194. The number of hydrogen-bond acceptors (Lipinski definition) is 5. The third kappa shape index (κ3) is 4.39. The SMILES string of the molecule is CCOC(=O)CCCSc1nc2ccccc2c(=O)n1-c1ccccc1C. The zero-order valence-corrected chi connectivity index (χ0v) is 16.3. The lowest BCUT2D eigenvalue weighted by molar-refractivity contribution is -0.143. The first-order valence-corrected chi connectivity index (χ1v) is 9.96. The summed E-state index contributed by atoms with van der Waals surface area (Å²) in [5.41, 5.74) is 2.43. The number of nitrogens with zero attached hydrogens (tertiary/aromatic N) is 2. The molecule has 2 aromatic carbocycles. The van der Waals surface area contributed by atoms with Gasteiger partial charge in [-0.1, -0.05) is 42.1 Å². The maximum Gasteiger partial charge on any atom is 0.305 e. The Morgan fingerprint density at radius 1 is 1.15 bits per heavy atom. The van der Waals surface area contributed by atoms with Gasteiger partial charge in [0, 0.05) is 12.2 Å². The Bertz CT molecular complexity index is 1010. The lowest BCUT2D eigenvalue weighted by Crippen LogP contribution is -2.22. The van der Waals surface area contributed by atoms with Crippen LogP contribution in [0.3, 0.4) is 0 Å². The molecule has 1 aromatic heterocycles. The molecule has 6 heteroatoms. The molecule has 0 fully saturated rings. The summed E-state index contributed by atoms with van der Waals surface area (Å²) in [5, 5.41) is 1.23. The van der Waals surface area contributed by atoms with Crippen LogP contribution in [-0.2, 0) is 9.53 Å². The quantitative estimate of drug-likeness (QED) is 0.266. The second-order valence-electron chi connectivity index (χ2n) is 6.10. The molecule has 27 heavy (non-hydrogen) atoms. The van der Waals surface area contributed by atoms with E-state index in [1.165, 1.54) is 11.8 Å². The van der Waals surface area contributed by atoms with Crippen molar-refractivity contribution in [1.82, 2.24) is 9.55 Å². The van der Waals surface area contributed by atoms with Gasteiger partial charge in [0.05, 0.1) is 23.2 Å². The van der Waals surface area contributed by atoms with Crippen LogP contribution in [0, 0.1) is 6.92 Å². The standard InChI is InChI=1S/C21H22N2O3S/c1-3-26-19(24)13-8-14-27-21-22-17-11-6-5-10-16(17)20(25)23(21)18-12-7-4-9-15(18)2/h4-7,9-12H,3,8,13-14H2,1-2H3. The summed E-state index contributed by atoms with van der Waals surface area (Å²) in [4.78, 5) is 29.4. The van der Waals surface area contributed by atoms with Crippen LogP contribution in [0.1, 0.15) is 25.3 Å². The summed E-state index contributed by atoms with van der Waals surface area (Å²) in [6, 6.07) is 15.1. The van der Waals surface area contributed by atoms with E-state index in [2.05, 4.69) is 0 Å². The van der Waals surface area contributed by atoms with Gasteiger partial charge in [0.25, 0.3) is 5.56 Å². The van der Waals surface area contributed by atoms with Crippen molar-refractivity contribution in [1.29, 1.82) is 0 Å². The Morgan fingerprint density at radius 2 is 1.89 bits per heavy atom. The molecule has 0 atom stereocenters. The Morgan fingerprint density at radius 3 is 2.67 bits per heavy atom. The van der Waals surface area contributed by atoms with Gasteiger partial charge >= 0.3 is 5.97 Å². The summed E-state index contributed by atoms with van der Waals surface area (Å²) in [6.45, 7) is 4.17. The summed E-state index contributed by atoms with van der Waals surface area (Å²) >= 11 is 1.48. The number of benzene rings is 2. The second-order valence-corrected chi connectivity index (χ2v) is 7.16. The number of ether oxygens (including phenoxy) is 1. The van der Waals surface area contributed by atoms with Crippen molar-refractivity contribution in [2.45, 2.75) is 31.8 Å². The van der Waals surface area contributed by atoms with Crippen molar-refractivity contribution < 1.29 is 9.53 Å². The summed E-state index contributed by atoms with van der Waals surface area (Å²) in [7, 11) is 0. The van der Waals surface area contributed by atoms with Gasteiger partial charge in [-0.2, -0.15) is 0 Å². The summed E-state index contributed by atoms with van der Waals surface area (Å²) in [6.07, 6.45) is 1.03. The van der Waals surface area contributed by atoms with Crippen molar-refractivity contribution >= 4 is 28.6 Å². The second kappa shape index (κ2) is 8.86. The molecule has 0 N–H and O–H groups in total. The van der Waals surface area contributed by atoms with Crippen molar-refractivity contribution in [2.24, 2.45) is 0 Å². The topological polar surface area (TPSA) is 61.2 Å². The van der Waals surface area contributed by atoms with E-state index < -0.39 is 0 Å². The van der Waals surface area contributed by atoms with E-state index in [0.717, 1.165) is 11.3 Å². The maximum atomic E-state index is 13.2. The molecule has 5 nitrogen and oxygen atoms in total.